The molecule has 1 aliphatic rings. The molecule has 0 radical (unpaired) electrons. The molecule has 0 saturated heterocycles. The van der Waals surface area contributed by atoms with Crippen molar-refractivity contribution in [1.82, 2.24) is 15.0 Å². The Morgan fingerprint density at radius 3 is 2.81 bits per heavy atom. The Hall–Kier alpha value is -1.53. The molecule has 0 aliphatic heterocycles. The van der Waals surface area contributed by atoms with E-state index < -0.39 is 17.8 Å². The van der Waals surface area contributed by atoms with E-state index in [4.69, 9.17) is 0 Å². The maximum atomic E-state index is 14.8. The average molecular weight is 301 g/mol. The van der Waals surface area contributed by atoms with Gasteiger partial charge in [0.25, 0.3) is 5.92 Å². The minimum absolute atomic E-state index is 0.0180. The number of methoxy groups -OCH3 is 1. The number of rotatable bonds is 3. The van der Waals surface area contributed by atoms with Gasteiger partial charge in [-0.05, 0) is 33.1 Å². The third-order valence-electron chi connectivity index (χ3n) is 3.97. The molecular formula is C14H21F2N3O2. The lowest BCUT2D eigenvalue weighted by Crippen LogP contribution is -2.31. The molecule has 0 fully saturated rings. The summed E-state index contributed by atoms with van der Waals surface area (Å²) in [4.78, 5) is 11.4. The number of halogens is 2. The largest absolute Gasteiger partial charge is 0.469 e. The van der Waals surface area contributed by atoms with Crippen LogP contribution >= 0.6 is 0 Å². The van der Waals surface area contributed by atoms with Crippen LogP contribution in [0.5, 0.6) is 0 Å². The second-order valence-electron chi connectivity index (χ2n) is 5.77. The van der Waals surface area contributed by atoms with Crippen LogP contribution < -0.4 is 0 Å². The van der Waals surface area contributed by atoms with E-state index in [1.165, 1.54) is 7.11 Å². The molecule has 2 rings (SSSR count). The highest BCUT2D eigenvalue weighted by molar-refractivity contribution is 5.69. The van der Waals surface area contributed by atoms with Crippen LogP contribution in [-0.4, -0.2) is 28.1 Å². The van der Waals surface area contributed by atoms with Crippen molar-refractivity contribution in [2.24, 2.45) is 5.92 Å². The molecule has 0 N–H and O–H groups in total. The number of hydrogen-bond acceptors (Lipinski definition) is 4. The standard InChI is InChI=1S/C14H21F2N3O2/c1-9(2)19-11-7-5-4-6-10(8-12(20)21-3)14(15,16)13(11)17-18-19/h9-10H,4-8H2,1-3H3. The van der Waals surface area contributed by atoms with E-state index in [0.717, 1.165) is 6.42 Å². The number of aromatic nitrogens is 3. The van der Waals surface area contributed by atoms with Crippen molar-refractivity contribution in [2.45, 2.75) is 57.9 Å². The molecule has 0 bridgehead atoms. The normalized spacial score (nSPS) is 21.5. The van der Waals surface area contributed by atoms with Crippen LogP contribution in [0.1, 0.15) is 57.0 Å². The van der Waals surface area contributed by atoms with Gasteiger partial charge in [0.15, 0.2) is 5.69 Å². The van der Waals surface area contributed by atoms with E-state index in [2.05, 4.69) is 15.0 Å². The molecule has 1 aliphatic carbocycles. The predicted octanol–water partition coefficient (Wildman–Crippen LogP) is 2.86. The molecule has 0 saturated carbocycles. The Bertz CT molecular complexity index is 514. The third kappa shape index (κ3) is 3.06. The Morgan fingerprint density at radius 1 is 1.48 bits per heavy atom. The molecule has 1 aromatic rings. The first-order valence-electron chi connectivity index (χ1n) is 7.27. The zero-order valence-corrected chi connectivity index (χ0v) is 12.6. The number of fused-ring (bicyclic) bond motifs is 1. The lowest BCUT2D eigenvalue weighted by atomic mass is 9.86. The molecule has 1 heterocycles. The summed E-state index contributed by atoms with van der Waals surface area (Å²) < 4.78 is 35.6. The third-order valence-corrected chi connectivity index (χ3v) is 3.97. The topological polar surface area (TPSA) is 57.0 Å². The molecule has 118 valence electrons. The highest BCUT2D eigenvalue weighted by atomic mass is 19.3. The predicted molar refractivity (Wildman–Crippen MR) is 72.0 cm³/mol. The number of hydrogen-bond donors (Lipinski definition) is 0. The molecule has 1 atom stereocenters. The summed E-state index contributed by atoms with van der Waals surface area (Å²) in [7, 11) is 1.21. The van der Waals surface area contributed by atoms with Crippen molar-refractivity contribution in [2.75, 3.05) is 7.11 Å². The average Bonchev–Trinajstić information content (AvgIpc) is 2.84. The van der Waals surface area contributed by atoms with Crippen LogP contribution in [0.15, 0.2) is 0 Å². The minimum atomic E-state index is -3.16. The van der Waals surface area contributed by atoms with Gasteiger partial charge in [0.1, 0.15) is 0 Å². The lowest BCUT2D eigenvalue weighted by molar-refractivity contribution is -0.148. The zero-order chi connectivity index (χ0) is 15.6. The summed E-state index contributed by atoms with van der Waals surface area (Å²) >= 11 is 0. The SMILES string of the molecule is COC(=O)CC1CCCCc2c(nnn2C(C)C)C1(F)F. The fourth-order valence-corrected chi connectivity index (χ4v) is 2.79. The van der Waals surface area contributed by atoms with E-state index in [1.807, 2.05) is 13.8 Å². The zero-order valence-electron chi connectivity index (χ0n) is 12.6. The van der Waals surface area contributed by atoms with Crippen LogP contribution in [0.2, 0.25) is 0 Å². The maximum Gasteiger partial charge on any atom is 0.306 e. The minimum Gasteiger partial charge on any atom is -0.469 e. The van der Waals surface area contributed by atoms with Gasteiger partial charge < -0.3 is 4.74 Å². The molecule has 1 unspecified atom stereocenters. The Labute approximate surface area is 122 Å². The van der Waals surface area contributed by atoms with E-state index in [0.29, 0.717) is 18.5 Å². The molecule has 1 aromatic heterocycles. The summed E-state index contributed by atoms with van der Waals surface area (Å²) in [6.45, 7) is 3.77. The monoisotopic (exact) mass is 301 g/mol. The number of esters is 1. The van der Waals surface area contributed by atoms with E-state index in [9.17, 15) is 13.6 Å². The molecule has 0 amide bonds. The summed E-state index contributed by atoms with van der Waals surface area (Å²) in [6.07, 6.45) is 1.98. The number of carbonyl (C=O) groups is 1. The summed E-state index contributed by atoms with van der Waals surface area (Å²) in [5.74, 6) is -4.85. The Balaban J connectivity index is 2.39. The van der Waals surface area contributed by atoms with Crippen molar-refractivity contribution < 1.29 is 18.3 Å². The first kappa shape index (κ1) is 15.9. The fraction of sp³-hybridized carbons (Fsp3) is 0.786. The van der Waals surface area contributed by atoms with Crippen LogP contribution in [0.25, 0.3) is 0 Å². The van der Waals surface area contributed by atoms with E-state index >= 15 is 0 Å². The van der Waals surface area contributed by atoms with Gasteiger partial charge in [-0.25, -0.2) is 4.68 Å². The smallest absolute Gasteiger partial charge is 0.306 e. The van der Waals surface area contributed by atoms with Crippen molar-refractivity contribution in [3.63, 3.8) is 0 Å². The number of ether oxygens (including phenoxy) is 1. The summed E-state index contributed by atoms with van der Waals surface area (Å²) in [6, 6.07) is -0.0180. The molecule has 0 spiro atoms. The van der Waals surface area contributed by atoms with Crippen molar-refractivity contribution in [1.29, 1.82) is 0 Å². The van der Waals surface area contributed by atoms with Gasteiger partial charge in [0.05, 0.1) is 19.2 Å². The van der Waals surface area contributed by atoms with Gasteiger partial charge >= 0.3 is 5.97 Å². The first-order valence-corrected chi connectivity index (χ1v) is 7.27. The van der Waals surface area contributed by atoms with Crippen molar-refractivity contribution >= 4 is 5.97 Å². The summed E-state index contributed by atoms with van der Waals surface area (Å²) in [5.41, 5.74) is 0.217. The van der Waals surface area contributed by atoms with Crippen LogP contribution in [0.4, 0.5) is 8.78 Å². The fourth-order valence-electron chi connectivity index (χ4n) is 2.79. The van der Waals surface area contributed by atoms with Gasteiger partial charge in [-0.2, -0.15) is 8.78 Å². The van der Waals surface area contributed by atoms with Crippen LogP contribution in [0.3, 0.4) is 0 Å². The molecule has 0 aromatic carbocycles. The highest BCUT2D eigenvalue weighted by Gasteiger charge is 2.47. The van der Waals surface area contributed by atoms with Gasteiger partial charge in [-0.15, -0.1) is 5.10 Å². The van der Waals surface area contributed by atoms with Gasteiger partial charge in [0.2, 0.25) is 0 Å². The van der Waals surface area contributed by atoms with Crippen molar-refractivity contribution in [3.8, 4) is 0 Å². The molecular weight excluding hydrogens is 280 g/mol. The maximum absolute atomic E-state index is 14.8. The lowest BCUT2D eigenvalue weighted by Gasteiger charge is -2.27. The van der Waals surface area contributed by atoms with Crippen LogP contribution in [0, 0.1) is 5.92 Å². The summed E-state index contributed by atoms with van der Waals surface area (Å²) in [5, 5.41) is 7.61. The second kappa shape index (κ2) is 6.07. The van der Waals surface area contributed by atoms with Crippen molar-refractivity contribution in [3.05, 3.63) is 11.4 Å². The highest BCUT2D eigenvalue weighted by Crippen LogP contribution is 2.43. The van der Waals surface area contributed by atoms with E-state index in [-0.39, 0.29) is 24.6 Å². The van der Waals surface area contributed by atoms with Gasteiger partial charge in [0, 0.05) is 12.0 Å². The van der Waals surface area contributed by atoms with Gasteiger partial charge in [-0.3, -0.25) is 4.79 Å². The second-order valence-corrected chi connectivity index (χ2v) is 5.77. The molecule has 21 heavy (non-hydrogen) atoms. The Kier molecular flexibility index (Phi) is 4.58. The number of alkyl halides is 2. The first-order chi connectivity index (χ1) is 9.87. The Morgan fingerprint density at radius 2 is 2.19 bits per heavy atom. The molecule has 5 nitrogen and oxygen atoms in total. The molecule has 7 heteroatoms. The quantitative estimate of drug-likeness (QED) is 0.806. The van der Waals surface area contributed by atoms with Gasteiger partial charge in [-0.1, -0.05) is 11.6 Å². The number of carbonyl (C=O) groups excluding carboxylic acids is 1. The van der Waals surface area contributed by atoms with Crippen LogP contribution in [-0.2, 0) is 21.9 Å². The van der Waals surface area contributed by atoms with E-state index in [1.54, 1.807) is 4.68 Å². The number of nitrogens with zero attached hydrogens (tertiary/aromatic N) is 3.